The minimum Gasteiger partial charge on any atom is -0.477 e. The highest BCUT2D eigenvalue weighted by Crippen LogP contribution is 2.14. The Morgan fingerprint density at radius 1 is 0.525 bits per heavy atom. The van der Waals surface area contributed by atoms with Gasteiger partial charge in [0.05, 0.1) is 34.4 Å². The average Bonchev–Trinajstić information content (AvgIpc) is 3.19. The molecule has 2 unspecified atom stereocenters. The van der Waals surface area contributed by atoms with Gasteiger partial charge in [-0.1, -0.05) is 171 Å². The summed E-state index contributed by atoms with van der Waals surface area (Å²) >= 11 is 0. The first-order chi connectivity index (χ1) is 28.6. The van der Waals surface area contributed by atoms with Crippen molar-refractivity contribution < 1.29 is 42.9 Å². The smallest absolute Gasteiger partial charge is 0.361 e. The summed E-state index contributed by atoms with van der Waals surface area (Å²) in [5.41, 5.74) is 0. The second kappa shape index (κ2) is 41.7. The van der Waals surface area contributed by atoms with Crippen molar-refractivity contribution >= 4 is 17.9 Å². The minimum absolute atomic E-state index is 0.185. The molecule has 0 aliphatic rings. The van der Waals surface area contributed by atoms with Crippen molar-refractivity contribution in [2.24, 2.45) is 0 Å². The summed E-state index contributed by atoms with van der Waals surface area (Å²) in [4.78, 5) is 37.0. The van der Waals surface area contributed by atoms with E-state index in [1.54, 1.807) is 0 Å². The molecule has 0 fully saturated rings. The maximum absolute atomic E-state index is 12.8. The van der Waals surface area contributed by atoms with Gasteiger partial charge in [0.1, 0.15) is 13.2 Å². The number of allylic oxidation sites excluding steroid dienone is 10. The Bertz CT molecular complexity index is 1150. The normalized spacial score (nSPS) is 13.4. The van der Waals surface area contributed by atoms with Crippen LogP contribution in [0.15, 0.2) is 60.8 Å². The van der Waals surface area contributed by atoms with E-state index in [2.05, 4.69) is 74.6 Å². The summed E-state index contributed by atoms with van der Waals surface area (Å²) in [5.74, 6) is -2.02. The van der Waals surface area contributed by atoms with Gasteiger partial charge in [0.15, 0.2) is 6.10 Å². The van der Waals surface area contributed by atoms with Crippen LogP contribution in [0.4, 0.5) is 0 Å². The van der Waals surface area contributed by atoms with Crippen LogP contribution < -0.4 is 0 Å². The third-order valence-electron chi connectivity index (χ3n) is 9.79. The number of nitrogens with zero attached hydrogens (tertiary/aromatic N) is 1. The van der Waals surface area contributed by atoms with Crippen molar-refractivity contribution in [2.45, 2.75) is 193 Å². The van der Waals surface area contributed by atoms with E-state index in [-0.39, 0.29) is 32.2 Å². The number of esters is 2. The molecular formula is C50H88NO8+. The standard InChI is InChI=1S/C50H87NO8/c1-6-8-10-12-14-16-17-18-19-20-21-22-23-24-25-26-27-28-29-30-31-33-35-37-39-41-48(53)59-46(45-58-50(49(54)55)56-43-42-51(3,4)5)44-57-47(52)40-38-36-34-32-15-13-11-9-7-2/h8,10,14,16,18-19,21-22,24-25,46,50H,6-7,9,11-13,15,17,20,23,26-45H2,1-5H3/p+1/b10-8-,16-14-,19-18-,22-21-,25-24-. The van der Waals surface area contributed by atoms with Gasteiger partial charge >= 0.3 is 17.9 Å². The van der Waals surface area contributed by atoms with Crippen LogP contribution in [0.2, 0.25) is 0 Å². The quantitative estimate of drug-likeness (QED) is 0.0213. The molecule has 0 aromatic heterocycles. The molecule has 0 bridgehead atoms. The number of rotatable bonds is 42. The van der Waals surface area contributed by atoms with E-state index in [1.165, 1.54) is 70.6 Å². The Kier molecular flexibility index (Phi) is 39.6. The largest absolute Gasteiger partial charge is 0.477 e. The van der Waals surface area contributed by atoms with E-state index in [0.29, 0.717) is 23.9 Å². The Morgan fingerprint density at radius 3 is 1.44 bits per heavy atom. The van der Waals surface area contributed by atoms with Gasteiger partial charge in [-0.15, -0.1) is 0 Å². The van der Waals surface area contributed by atoms with E-state index in [0.717, 1.165) is 77.0 Å². The van der Waals surface area contributed by atoms with Crippen LogP contribution in [0.3, 0.4) is 0 Å². The Morgan fingerprint density at radius 2 is 0.966 bits per heavy atom. The Hall–Kier alpha value is -3.01. The van der Waals surface area contributed by atoms with Gasteiger partial charge in [-0.3, -0.25) is 9.59 Å². The van der Waals surface area contributed by atoms with Crippen LogP contribution in [0.1, 0.15) is 181 Å². The van der Waals surface area contributed by atoms with Crippen molar-refractivity contribution in [2.75, 3.05) is 47.5 Å². The molecular weight excluding hydrogens is 743 g/mol. The van der Waals surface area contributed by atoms with Crippen LogP contribution in [0.5, 0.6) is 0 Å². The summed E-state index contributed by atoms with van der Waals surface area (Å²) in [7, 11) is 5.95. The summed E-state index contributed by atoms with van der Waals surface area (Å²) in [6, 6.07) is 0. The lowest BCUT2D eigenvalue weighted by molar-refractivity contribution is -0.870. The van der Waals surface area contributed by atoms with Crippen molar-refractivity contribution in [1.29, 1.82) is 0 Å². The van der Waals surface area contributed by atoms with Crippen LogP contribution in [-0.2, 0) is 33.3 Å². The van der Waals surface area contributed by atoms with Gasteiger partial charge in [-0.05, 0) is 57.8 Å². The second-order valence-corrected chi connectivity index (χ2v) is 16.7. The van der Waals surface area contributed by atoms with Gasteiger partial charge < -0.3 is 28.5 Å². The fraction of sp³-hybridized carbons (Fsp3) is 0.740. The van der Waals surface area contributed by atoms with E-state index in [9.17, 15) is 19.5 Å². The molecule has 0 aliphatic heterocycles. The molecule has 1 N–H and O–H groups in total. The molecule has 59 heavy (non-hydrogen) atoms. The predicted octanol–water partition coefficient (Wildman–Crippen LogP) is 12.6. The van der Waals surface area contributed by atoms with Crippen LogP contribution in [-0.4, -0.2) is 87.4 Å². The first-order valence-electron chi connectivity index (χ1n) is 23.5. The number of likely N-dealkylation sites (N-methyl/N-ethyl adjacent to an activating group) is 1. The maximum Gasteiger partial charge on any atom is 0.361 e. The number of hydrogen-bond acceptors (Lipinski definition) is 7. The van der Waals surface area contributed by atoms with Gasteiger partial charge in [-0.25, -0.2) is 4.79 Å². The summed E-state index contributed by atoms with van der Waals surface area (Å²) in [6.07, 6.45) is 47.2. The van der Waals surface area contributed by atoms with Crippen molar-refractivity contribution in [3.8, 4) is 0 Å². The van der Waals surface area contributed by atoms with Gasteiger partial charge in [0.2, 0.25) is 0 Å². The monoisotopic (exact) mass is 831 g/mol. The second-order valence-electron chi connectivity index (χ2n) is 16.7. The van der Waals surface area contributed by atoms with Crippen molar-refractivity contribution in [3.05, 3.63) is 60.8 Å². The molecule has 0 heterocycles. The lowest BCUT2D eigenvalue weighted by Crippen LogP contribution is -2.40. The number of carboxylic acid groups (broad SMARTS) is 1. The van der Waals surface area contributed by atoms with Crippen molar-refractivity contribution in [1.82, 2.24) is 0 Å². The Labute approximate surface area is 361 Å². The molecule has 2 atom stereocenters. The van der Waals surface area contributed by atoms with Crippen LogP contribution in [0.25, 0.3) is 0 Å². The zero-order valence-corrected chi connectivity index (χ0v) is 38.4. The third kappa shape index (κ3) is 42.9. The predicted molar refractivity (Wildman–Crippen MR) is 244 cm³/mol. The maximum atomic E-state index is 12.8. The van der Waals surface area contributed by atoms with Gasteiger partial charge in [0, 0.05) is 12.8 Å². The molecule has 9 nitrogen and oxygen atoms in total. The number of carbonyl (C=O) groups excluding carboxylic acids is 2. The summed E-state index contributed by atoms with van der Waals surface area (Å²) < 4.78 is 22.7. The molecule has 0 aliphatic carbocycles. The molecule has 0 radical (unpaired) electrons. The fourth-order valence-corrected chi connectivity index (χ4v) is 6.16. The molecule has 0 rings (SSSR count). The first-order valence-corrected chi connectivity index (χ1v) is 23.5. The molecule has 0 saturated heterocycles. The summed E-state index contributed by atoms with van der Waals surface area (Å²) in [6.45, 7) is 4.72. The topological polar surface area (TPSA) is 108 Å². The molecule has 0 aromatic carbocycles. The zero-order chi connectivity index (χ0) is 43.5. The molecule has 0 saturated carbocycles. The van der Waals surface area contributed by atoms with E-state index >= 15 is 0 Å². The Balaban J connectivity index is 4.29. The molecule has 9 heteroatoms. The number of aliphatic carboxylic acids is 1. The van der Waals surface area contributed by atoms with Gasteiger partial charge in [-0.2, -0.15) is 0 Å². The van der Waals surface area contributed by atoms with Crippen LogP contribution in [0, 0.1) is 0 Å². The molecule has 0 amide bonds. The lowest BCUT2D eigenvalue weighted by Gasteiger charge is -2.25. The van der Waals surface area contributed by atoms with E-state index in [1.807, 2.05) is 21.1 Å². The number of carboxylic acids is 1. The average molecular weight is 831 g/mol. The zero-order valence-electron chi connectivity index (χ0n) is 38.4. The van der Waals surface area contributed by atoms with E-state index < -0.39 is 24.3 Å². The van der Waals surface area contributed by atoms with Crippen molar-refractivity contribution in [3.63, 3.8) is 0 Å². The fourth-order valence-electron chi connectivity index (χ4n) is 6.16. The highest BCUT2D eigenvalue weighted by molar-refractivity contribution is 5.71. The number of unbranched alkanes of at least 4 members (excludes halogenated alkanes) is 17. The molecule has 0 spiro atoms. The minimum atomic E-state index is -1.51. The number of hydrogen-bond donors (Lipinski definition) is 1. The van der Waals surface area contributed by atoms with Gasteiger partial charge in [0.25, 0.3) is 6.29 Å². The first kappa shape index (κ1) is 56.0. The number of ether oxygens (including phenoxy) is 4. The number of quaternary nitrogens is 1. The summed E-state index contributed by atoms with van der Waals surface area (Å²) in [5, 5.41) is 9.62. The highest BCUT2D eigenvalue weighted by atomic mass is 16.7. The molecule has 0 aromatic rings. The lowest BCUT2D eigenvalue weighted by atomic mass is 10.1. The van der Waals surface area contributed by atoms with E-state index in [4.69, 9.17) is 18.9 Å². The SMILES string of the molecule is CC/C=C\C/C=C\C/C=C\C/C=C\C/C=C\CCCCCCCCCCCC(=O)OC(COC(=O)CCCCCCCCCCC)COC(OCC[N+](C)(C)C)C(=O)O. The molecule has 340 valence electrons. The van der Waals surface area contributed by atoms with Crippen LogP contribution >= 0.6 is 0 Å². The number of carbonyl (C=O) groups is 3. The third-order valence-corrected chi connectivity index (χ3v) is 9.79. The highest BCUT2D eigenvalue weighted by Gasteiger charge is 2.25.